The van der Waals surface area contributed by atoms with Gasteiger partial charge in [-0.25, -0.2) is 4.98 Å². The molecule has 2 heterocycles. The molecule has 0 fully saturated rings. The van der Waals surface area contributed by atoms with Gasteiger partial charge >= 0.3 is 0 Å². The van der Waals surface area contributed by atoms with Gasteiger partial charge in [-0.05, 0) is 36.5 Å². The maximum absolute atomic E-state index is 12.9. The zero-order valence-electron chi connectivity index (χ0n) is 14.5. The van der Waals surface area contributed by atoms with Crippen LogP contribution in [0.5, 0.6) is 0 Å². The summed E-state index contributed by atoms with van der Waals surface area (Å²) in [5.74, 6) is -0.199. The van der Waals surface area contributed by atoms with Crippen molar-refractivity contribution < 1.29 is 4.79 Å². The summed E-state index contributed by atoms with van der Waals surface area (Å²) in [5.41, 5.74) is 3.88. The van der Waals surface area contributed by atoms with Gasteiger partial charge in [-0.2, -0.15) is 9.64 Å². The number of aryl methyl sites for hydroxylation is 2. The summed E-state index contributed by atoms with van der Waals surface area (Å²) in [6.07, 6.45) is 4.20. The van der Waals surface area contributed by atoms with E-state index in [1.165, 1.54) is 17.7 Å². The first-order valence-electron chi connectivity index (χ1n) is 8.18. The van der Waals surface area contributed by atoms with Crippen LogP contribution in [0.3, 0.4) is 0 Å². The van der Waals surface area contributed by atoms with Gasteiger partial charge in [-0.15, -0.1) is 0 Å². The third kappa shape index (κ3) is 3.60. The lowest BCUT2D eigenvalue weighted by Crippen LogP contribution is -2.15. The van der Waals surface area contributed by atoms with Gasteiger partial charge < -0.3 is 5.32 Å². The molecule has 2 aromatic heterocycles. The number of amides is 1. The van der Waals surface area contributed by atoms with Crippen LogP contribution in [0.25, 0.3) is 0 Å². The van der Waals surface area contributed by atoms with Crippen LogP contribution >= 0.6 is 11.5 Å². The molecule has 0 saturated heterocycles. The summed E-state index contributed by atoms with van der Waals surface area (Å²) in [4.78, 5) is 21.9. The summed E-state index contributed by atoms with van der Waals surface area (Å²) in [7, 11) is 0. The monoisotopic (exact) mass is 363 g/mol. The predicted octanol–water partition coefficient (Wildman–Crippen LogP) is 3.52. The van der Waals surface area contributed by atoms with Crippen LogP contribution in [0.4, 0.5) is 5.69 Å². The zero-order chi connectivity index (χ0) is 18.5. The number of para-hydroxylation sites is 1. The highest BCUT2D eigenvalue weighted by atomic mass is 32.1. The Morgan fingerprint density at radius 1 is 1.27 bits per heavy atom. The van der Waals surface area contributed by atoms with E-state index >= 15 is 0 Å². The Morgan fingerprint density at radius 2 is 2.04 bits per heavy atom. The normalized spacial score (nSPS) is 10.3. The number of benzene rings is 1. The van der Waals surface area contributed by atoms with Crippen molar-refractivity contribution in [2.75, 3.05) is 5.32 Å². The molecule has 26 heavy (non-hydrogen) atoms. The second-order valence-electron chi connectivity index (χ2n) is 5.67. The van der Waals surface area contributed by atoms with Crippen molar-refractivity contribution >= 4 is 23.1 Å². The lowest BCUT2D eigenvalue weighted by Gasteiger charge is -2.10. The predicted molar refractivity (Wildman–Crippen MR) is 100 cm³/mol. The highest BCUT2D eigenvalue weighted by Gasteiger charge is 2.21. The molecule has 1 aromatic carbocycles. The third-order valence-electron chi connectivity index (χ3n) is 4.01. The van der Waals surface area contributed by atoms with Crippen LogP contribution in [0.15, 0.2) is 36.7 Å². The number of rotatable bonds is 5. The van der Waals surface area contributed by atoms with Gasteiger partial charge in [-0.3, -0.25) is 9.78 Å². The second kappa shape index (κ2) is 7.85. The number of hydrogen-bond acceptors (Lipinski definition) is 6. The molecule has 130 valence electrons. The minimum atomic E-state index is -0.199. The van der Waals surface area contributed by atoms with Gasteiger partial charge in [0.05, 0.1) is 17.0 Å². The summed E-state index contributed by atoms with van der Waals surface area (Å²) in [6, 6.07) is 9.77. The number of nitriles is 1. The van der Waals surface area contributed by atoms with E-state index in [0.29, 0.717) is 23.4 Å². The van der Waals surface area contributed by atoms with Gasteiger partial charge in [-0.1, -0.05) is 25.1 Å². The van der Waals surface area contributed by atoms with E-state index < -0.39 is 0 Å². The fourth-order valence-corrected chi connectivity index (χ4v) is 3.58. The van der Waals surface area contributed by atoms with Crippen LogP contribution in [0.2, 0.25) is 0 Å². The molecule has 1 N–H and O–H groups in total. The third-order valence-corrected chi connectivity index (χ3v) is 4.95. The molecule has 0 unspecified atom stereocenters. The van der Waals surface area contributed by atoms with Gasteiger partial charge in [0, 0.05) is 29.4 Å². The summed E-state index contributed by atoms with van der Waals surface area (Å²) in [6.45, 7) is 3.85. The summed E-state index contributed by atoms with van der Waals surface area (Å²) in [5, 5.41) is 12.2. The van der Waals surface area contributed by atoms with Crippen molar-refractivity contribution in [2.45, 2.75) is 26.7 Å². The van der Waals surface area contributed by atoms with Crippen molar-refractivity contribution in [3.05, 3.63) is 69.7 Å². The standard InChI is InChI=1S/C19H17N5OS/c1-3-13-6-4-5-7-14(13)23-19(25)18-12(2)24-26-17(18)10-15-16(11-20)22-9-8-21-15/h4-9H,3,10H2,1-2H3,(H,23,25). The van der Waals surface area contributed by atoms with E-state index in [1.54, 1.807) is 6.20 Å². The fraction of sp³-hybridized carbons (Fsp3) is 0.211. The molecule has 6 nitrogen and oxygen atoms in total. The molecule has 0 aliphatic rings. The van der Waals surface area contributed by atoms with Crippen LogP contribution in [-0.4, -0.2) is 20.2 Å². The number of nitrogens with one attached hydrogen (secondary N) is 1. The van der Waals surface area contributed by atoms with Gasteiger partial charge in [0.1, 0.15) is 6.07 Å². The van der Waals surface area contributed by atoms with E-state index in [9.17, 15) is 10.1 Å². The molecule has 0 spiro atoms. The largest absolute Gasteiger partial charge is 0.322 e. The molecule has 0 radical (unpaired) electrons. The topological polar surface area (TPSA) is 91.6 Å². The van der Waals surface area contributed by atoms with Crippen molar-refractivity contribution in [2.24, 2.45) is 0 Å². The fourth-order valence-electron chi connectivity index (χ4n) is 2.71. The molecule has 7 heteroatoms. The molecular weight excluding hydrogens is 346 g/mol. The molecule has 3 rings (SSSR count). The van der Waals surface area contributed by atoms with E-state index in [0.717, 1.165) is 22.5 Å². The minimum Gasteiger partial charge on any atom is -0.322 e. The van der Waals surface area contributed by atoms with Crippen LogP contribution < -0.4 is 5.32 Å². The van der Waals surface area contributed by atoms with E-state index in [2.05, 4.69) is 19.7 Å². The average Bonchev–Trinajstić information content (AvgIpc) is 3.03. The van der Waals surface area contributed by atoms with Crippen molar-refractivity contribution in [1.29, 1.82) is 5.26 Å². The molecule has 0 aliphatic carbocycles. The first-order chi connectivity index (χ1) is 12.6. The average molecular weight is 363 g/mol. The van der Waals surface area contributed by atoms with Crippen molar-refractivity contribution in [3.8, 4) is 6.07 Å². The lowest BCUT2D eigenvalue weighted by molar-refractivity contribution is 0.102. The quantitative estimate of drug-likeness (QED) is 0.749. The number of anilines is 1. The van der Waals surface area contributed by atoms with Crippen molar-refractivity contribution in [1.82, 2.24) is 14.3 Å². The highest BCUT2D eigenvalue weighted by Crippen LogP contribution is 2.24. The Hall–Kier alpha value is -3.11. The first kappa shape index (κ1) is 17.7. The molecule has 0 bridgehead atoms. The van der Waals surface area contributed by atoms with Gasteiger partial charge in [0.2, 0.25) is 0 Å². The van der Waals surface area contributed by atoms with E-state index in [1.807, 2.05) is 44.2 Å². The SMILES string of the molecule is CCc1ccccc1NC(=O)c1c(C)nsc1Cc1nccnc1C#N. The van der Waals surface area contributed by atoms with Gasteiger partial charge in [0.25, 0.3) is 5.91 Å². The molecule has 0 aliphatic heterocycles. The number of aromatic nitrogens is 3. The molecule has 3 aromatic rings. The molecule has 0 atom stereocenters. The first-order valence-corrected chi connectivity index (χ1v) is 8.95. The highest BCUT2D eigenvalue weighted by molar-refractivity contribution is 7.06. The Bertz CT molecular complexity index is 990. The van der Waals surface area contributed by atoms with E-state index in [-0.39, 0.29) is 11.6 Å². The number of nitrogens with zero attached hydrogens (tertiary/aromatic N) is 4. The van der Waals surface area contributed by atoms with Crippen LogP contribution in [0.1, 0.15) is 44.8 Å². The second-order valence-corrected chi connectivity index (χ2v) is 6.53. The number of carbonyl (C=O) groups is 1. The maximum Gasteiger partial charge on any atom is 0.258 e. The van der Waals surface area contributed by atoms with E-state index in [4.69, 9.17) is 0 Å². The minimum absolute atomic E-state index is 0.199. The molecule has 1 amide bonds. The Morgan fingerprint density at radius 3 is 2.81 bits per heavy atom. The molecule has 0 saturated carbocycles. The lowest BCUT2D eigenvalue weighted by atomic mass is 10.1. The number of carbonyl (C=O) groups excluding carboxylic acids is 1. The Kier molecular flexibility index (Phi) is 5.34. The summed E-state index contributed by atoms with van der Waals surface area (Å²) < 4.78 is 4.32. The Balaban J connectivity index is 1.90. The Labute approximate surface area is 155 Å². The van der Waals surface area contributed by atoms with Crippen molar-refractivity contribution in [3.63, 3.8) is 0 Å². The zero-order valence-corrected chi connectivity index (χ0v) is 15.3. The van der Waals surface area contributed by atoms with Crippen LogP contribution in [0, 0.1) is 18.3 Å². The summed E-state index contributed by atoms with van der Waals surface area (Å²) >= 11 is 1.25. The van der Waals surface area contributed by atoms with Crippen LogP contribution in [-0.2, 0) is 12.8 Å². The molecular formula is C19H17N5OS. The maximum atomic E-state index is 12.9. The smallest absolute Gasteiger partial charge is 0.258 e. The van der Waals surface area contributed by atoms with Gasteiger partial charge in [0.15, 0.2) is 5.69 Å². The number of hydrogen-bond donors (Lipinski definition) is 1.